The highest BCUT2D eigenvalue weighted by molar-refractivity contribution is 7.92. The minimum atomic E-state index is -4.34. The molecule has 0 fully saturated rings. The van der Waals surface area contributed by atoms with Gasteiger partial charge in [-0.2, -0.15) is 0 Å². The van der Waals surface area contributed by atoms with Crippen molar-refractivity contribution < 1.29 is 31.5 Å². The van der Waals surface area contributed by atoms with Gasteiger partial charge in [0.05, 0.1) is 25.5 Å². The van der Waals surface area contributed by atoms with Crippen LogP contribution >= 0.6 is 0 Å². The molecule has 0 saturated heterocycles. The van der Waals surface area contributed by atoms with Gasteiger partial charge in [0.1, 0.15) is 28.0 Å². The highest BCUT2D eigenvalue weighted by Crippen LogP contribution is 2.30. The summed E-state index contributed by atoms with van der Waals surface area (Å²) in [6.07, 6.45) is 0. The summed E-state index contributed by atoms with van der Waals surface area (Å²) in [7, 11) is -1.74. The predicted molar refractivity (Wildman–Crippen MR) is 85.2 cm³/mol. The maximum Gasteiger partial charge on any atom is 0.265 e. The van der Waals surface area contributed by atoms with E-state index in [2.05, 4.69) is 0 Å². The Morgan fingerprint density at radius 3 is 2.32 bits per heavy atom. The van der Waals surface area contributed by atoms with Gasteiger partial charge in [-0.3, -0.25) is 9.52 Å². The molecule has 10 heteroatoms. The van der Waals surface area contributed by atoms with Gasteiger partial charge in [-0.25, -0.2) is 17.2 Å². The molecule has 3 N–H and O–H groups in total. The molecule has 1 amide bonds. The van der Waals surface area contributed by atoms with Crippen LogP contribution in [0.5, 0.6) is 11.5 Å². The number of amides is 1. The summed E-state index contributed by atoms with van der Waals surface area (Å²) in [5.41, 5.74) is 3.68. The largest absolute Gasteiger partial charge is 0.497 e. The van der Waals surface area contributed by atoms with Crippen molar-refractivity contribution in [2.75, 3.05) is 18.9 Å². The standard InChI is InChI=1S/C15H14F2N2O5S/c1-23-8-3-4-13(24-2)14(5-8)25(21,22)19-12-6-9(15(18)20)10(16)7-11(12)17/h3-7,19H,1-2H3,(H2,18,20). The number of nitrogens with two attached hydrogens (primary N) is 1. The van der Waals surface area contributed by atoms with Gasteiger partial charge < -0.3 is 15.2 Å². The number of primary amides is 1. The summed E-state index contributed by atoms with van der Waals surface area (Å²) in [6, 6.07) is 5.03. The van der Waals surface area contributed by atoms with Crippen molar-refractivity contribution in [3.05, 3.63) is 47.5 Å². The lowest BCUT2D eigenvalue weighted by Gasteiger charge is -2.14. The third kappa shape index (κ3) is 3.79. The number of methoxy groups -OCH3 is 2. The van der Waals surface area contributed by atoms with Crippen LogP contribution in [0, 0.1) is 11.6 Å². The number of ether oxygens (including phenoxy) is 2. The number of hydrogen-bond donors (Lipinski definition) is 2. The van der Waals surface area contributed by atoms with Crippen LogP contribution in [0.25, 0.3) is 0 Å². The normalized spacial score (nSPS) is 11.0. The molecule has 0 spiro atoms. The predicted octanol–water partition coefficient (Wildman–Crippen LogP) is 1.88. The van der Waals surface area contributed by atoms with Crippen molar-refractivity contribution >= 4 is 21.6 Å². The molecule has 0 bridgehead atoms. The van der Waals surface area contributed by atoms with Gasteiger partial charge in [-0.1, -0.05) is 0 Å². The van der Waals surface area contributed by atoms with Crippen molar-refractivity contribution in [3.63, 3.8) is 0 Å². The van der Waals surface area contributed by atoms with Crippen molar-refractivity contribution in [2.45, 2.75) is 4.90 Å². The molecule has 0 aliphatic carbocycles. The molecule has 2 aromatic carbocycles. The van der Waals surface area contributed by atoms with Gasteiger partial charge in [-0.15, -0.1) is 0 Å². The van der Waals surface area contributed by atoms with E-state index in [1.165, 1.54) is 26.4 Å². The number of carbonyl (C=O) groups is 1. The summed E-state index contributed by atoms with van der Waals surface area (Å²) in [6.45, 7) is 0. The molecule has 0 atom stereocenters. The Bertz CT molecular complexity index is 932. The SMILES string of the molecule is COc1ccc(OC)c(S(=O)(=O)Nc2cc(C(N)=O)c(F)cc2F)c1. The molecule has 0 aromatic heterocycles. The molecule has 7 nitrogen and oxygen atoms in total. The van der Waals surface area contributed by atoms with E-state index >= 15 is 0 Å². The molecule has 0 aliphatic heterocycles. The van der Waals surface area contributed by atoms with Gasteiger partial charge in [0.15, 0.2) is 0 Å². The molecule has 2 aromatic rings. The number of rotatable bonds is 6. The third-order valence-electron chi connectivity index (χ3n) is 3.23. The Balaban J connectivity index is 2.53. The van der Waals surface area contributed by atoms with Crippen LogP contribution in [0.1, 0.15) is 10.4 Å². The first-order chi connectivity index (χ1) is 11.7. The quantitative estimate of drug-likeness (QED) is 0.805. The number of benzene rings is 2. The van der Waals surface area contributed by atoms with Crippen LogP contribution in [-0.4, -0.2) is 28.5 Å². The molecule has 25 heavy (non-hydrogen) atoms. The van der Waals surface area contributed by atoms with Crippen molar-refractivity contribution in [1.82, 2.24) is 0 Å². The van der Waals surface area contributed by atoms with Crippen LogP contribution < -0.4 is 19.9 Å². The first-order valence-electron chi connectivity index (χ1n) is 6.73. The fourth-order valence-electron chi connectivity index (χ4n) is 2.01. The number of anilines is 1. The van der Waals surface area contributed by atoms with E-state index in [9.17, 15) is 22.0 Å². The van der Waals surface area contributed by atoms with E-state index in [1.54, 1.807) is 0 Å². The second-order valence-electron chi connectivity index (χ2n) is 4.80. The van der Waals surface area contributed by atoms with Gasteiger partial charge in [0.2, 0.25) is 0 Å². The Hall–Kier alpha value is -2.88. The van der Waals surface area contributed by atoms with E-state index in [4.69, 9.17) is 15.2 Å². The lowest BCUT2D eigenvalue weighted by molar-refractivity contribution is 0.0996. The Kier molecular flexibility index (Phi) is 5.12. The molecule has 0 saturated carbocycles. The topological polar surface area (TPSA) is 108 Å². The zero-order valence-corrected chi connectivity index (χ0v) is 14.0. The van der Waals surface area contributed by atoms with Gasteiger partial charge in [0, 0.05) is 12.1 Å². The Labute approximate surface area is 142 Å². The molecule has 134 valence electrons. The molecule has 0 aliphatic rings. The van der Waals surface area contributed by atoms with Crippen molar-refractivity contribution in [2.24, 2.45) is 5.73 Å². The monoisotopic (exact) mass is 372 g/mol. The highest BCUT2D eigenvalue weighted by atomic mass is 32.2. The number of sulfonamides is 1. The summed E-state index contributed by atoms with van der Waals surface area (Å²) in [4.78, 5) is 10.8. The first kappa shape index (κ1) is 18.5. The minimum absolute atomic E-state index is 0.0223. The summed E-state index contributed by atoms with van der Waals surface area (Å²) in [5.74, 6) is -3.39. The van der Waals surface area contributed by atoms with Gasteiger partial charge >= 0.3 is 0 Å². The van der Waals surface area contributed by atoms with Crippen LogP contribution in [0.4, 0.5) is 14.5 Å². The molecule has 0 heterocycles. The smallest absolute Gasteiger partial charge is 0.265 e. The van der Waals surface area contributed by atoms with Crippen LogP contribution in [-0.2, 0) is 10.0 Å². The minimum Gasteiger partial charge on any atom is -0.497 e. The lowest BCUT2D eigenvalue weighted by Crippen LogP contribution is -2.18. The van der Waals surface area contributed by atoms with E-state index in [0.29, 0.717) is 12.1 Å². The van der Waals surface area contributed by atoms with Crippen molar-refractivity contribution in [1.29, 1.82) is 0 Å². The van der Waals surface area contributed by atoms with Crippen LogP contribution in [0.3, 0.4) is 0 Å². The van der Waals surface area contributed by atoms with Crippen LogP contribution in [0.2, 0.25) is 0 Å². The first-order valence-corrected chi connectivity index (χ1v) is 8.21. The number of nitrogens with one attached hydrogen (secondary N) is 1. The summed E-state index contributed by atoms with van der Waals surface area (Å²) >= 11 is 0. The maximum absolute atomic E-state index is 13.9. The highest BCUT2D eigenvalue weighted by Gasteiger charge is 2.23. The summed E-state index contributed by atoms with van der Waals surface area (Å²) < 4.78 is 64.4. The van der Waals surface area contributed by atoms with Gasteiger partial charge in [-0.05, 0) is 18.2 Å². The summed E-state index contributed by atoms with van der Waals surface area (Å²) in [5, 5.41) is 0. The fraction of sp³-hybridized carbons (Fsp3) is 0.133. The Morgan fingerprint density at radius 2 is 1.76 bits per heavy atom. The average molecular weight is 372 g/mol. The average Bonchev–Trinajstić information content (AvgIpc) is 2.56. The second kappa shape index (κ2) is 6.93. The van der Waals surface area contributed by atoms with E-state index in [0.717, 1.165) is 6.07 Å². The molecular weight excluding hydrogens is 358 g/mol. The zero-order valence-electron chi connectivity index (χ0n) is 13.2. The Morgan fingerprint density at radius 1 is 1.08 bits per heavy atom. The number of carbonyl (C=O) groups excluding carboxylic acids is 1. The second-order valence-corrected chi connectivity index (χ2v) is 6.45. The molecule has 0 radical (unpaired) electrons. The lowest BCUT2D eigenvalue weighted by atomic mass is 10.2. The van der Waals surface area contributed by atoms with Crippen LogP contribution in [0.15, 0.2) is 35.2 Å². The van der Waals surface area contributed by atoms with Gasteiger partial charge in [0.25, 0.3) is 15.9 Å². The number of halogens is 2. The molecular formula is C15H14F2N2O5S. The number of hydrogen-bond acceptors (Lipinski definition) is 5. The maximum atomic E-state index is 13.9. The van der Waals surface area contributed by atoms with E-state index < -0.39 is 38.8 Å². The fourth-order valence-corrected chi connectivity index (χ4v) is 3.25. The van der Waals surface area contributed by atoms with E-state index in [-0.39, 0.29) is 16.4 Å². The van der Waals surface area contributed by atoms with E-state index in [1.807, 2.05) is 4.72 Å². The molecule has 2 rings (SSSR count). The zero-order chi connectivity index (χ0) is 18.8. The third-order valence-corrected chi connectivity index (χ3v) is 4.61. The van der Waals surface area contributed by atoms with Crippen molar-refractivity contribution in [3.8, 4) is 11.5 Å². The molecule has 0 unspecified atom stereocenters.